The molecule has 0 bridgehead atoms. The molecule has 90 valence electrons. The molecule has 1 aromatic carbocycles. The van der Waals surface area contributed by atoms with E-state index in [9.17, 15) is 5.11 Å². The van der Waals surface area contributed by atoms with Gasteiger partial charge >= 0.3 is 0 Å². The van der Waals surface area contributed by atoms with Crippen LogP contribution in [-0.2, 0) is 0 Å². The van der Waals surface area contributed by atoms with Gasteiger partial charge < -0.3 is 14.9 Å². The standard InChI is InChI=1S/C14H18N2O/c1-3-14(17)12-4-6-13(7-5-12)16-10-8-15(2)9-11-16/h1,4-7,14,17H,8-11H2,2H3. The summed E-state index contributed by atoms with van der Waals surface area (Å²) in [5.41, 5.74) is 1.98. The summed E-state index contributed by atoms with van der Waals surface area (Å²) in [6.07, 6.45) is 4.39. The fourth-order valence-corrected chi connectivity index (χ4v) is 2.03. The Bertz CT molecular complexity index is 399. The van der Waals surface area contributed by atoms with Gasteiger partial charge in [-0.2, -0.15) is 0 Å². The van der Waals surface area contributed by atoms with E-state index in [0.717, 1.165) is 31.7 Å². The number of rotatable bonds is 2. The highest BCUT2D eigenvalue weighted by Gasteiger charge is 2.14. The van der Waals surface area contributed by atoms with Gasteiger partial charge in [0.25, 0.3) is 0 Å². The van der Waals surface area contributed by atoms with Crippen molar-refractivity contribution < 1.29 is 5.11 Å². The molecule has 0 spiro atoms. The summed E-state index contributed by atoms with van der Waals surface area (Å²) in [6, 6.07) is 7.86. The number of piperazine rings is 1. The summed E-state index contributed by atoms with van der Waals surface area (Å²) in [5.74, 6) is 2.32. The third-order valence-corrected chi connectivity index (χ3v) is 3.24. The Kier molecular flexibility index (Phi) is 3.68. The zero-order valence-corrected chi connectivity index (χ0v) is 10.1. The first-order valence-electron chi connectivity index (χ1n) is 5.88. The number of aliphatic hydroxyl groups is 1. The summed E-state index contributed by atoms with van der Waals surface area (Å²) >= 11 is 0. The largest absolute Gasteiger partial charge is 0.376 e. The minimum Gasteiger partial charge on any atom is -0.376 e. The molecule has 1 aromatic rings. The van der Waals surface area contributed by atoms with Gasteiger partial charge in [0.15, 0.2) is 0 Å². The summed E-state index contributed by atoms with van der Waals surface area (Å²) < 4.78 is 0. The van der Waals surface area contributed by atoms with Gasteiger partial charge in [-0.1, -0.05) is 18.1 Å². The predicted octanol–water partition coefficient (Wildman–Crippen LogP) is 1.10. The number of nitrogens with zero attached hydrogens (tertiary/aromatic N) is 2. The van der Waals surface area contributed by atoms with E-state index < -0.39 is 6.10 Å². The Hall–Kier alpha value is -1.50. The molecule has 17 heavy (non-hydrogen) atoms. The lowest BCUT2D eigenvalue weighted by Crippen LogP contribution is -2.44. The lowest BCUT2D eigenvalue weighted by Gasteiger charge is -2.34. The zero-order chi connectivity index (χ0) is 12.3. The Morgan fingerprint density at radius 3 is 2.29 bits per heavy atom. The van der Waals surface area contributed by atoms with Crippen LogP contribution in [0.5, 0.6) is 0 Å². The van der Waals surface area contributed by atoms with Crippen LogP contribution in [0.2, 0.25) is 0 Å². The molecule has 3 nitrogen and oxygen atoms in total. The van der Waals surface area contributed by atoms with E-state index in [4.69, 9.17) is 6.42 Å². The van der Waals surface area contributed by atoms with Crippen molar-refractivity contribution in [3.8, 4) is 12.3 Å². The average molecular weight is 230 g/mol. The second-order valence-electron chi connectivity index (χ2n) is 4.45. The number of hydrogen-bond donors (Lipinski definition) is 1. The monoisotopic (exact) mass is 230 g/mol. The Labute approximate surface area is 103 Å². The molecule has 1 aliphatic rings. The molecule has 1 atom stereocenters. The molecule has 1 unspecified atom stereocenters. The Morgan fingerprint density at radius 2 is 1.76 bits per heavy atom. The minimum absolute atomic E-state index is 0.783. The molecule has 0 saturated carbocycles. The molecule has 3 heteroatoms. The maximum absolute atomic E-state index is 9.51. The maximum atomic E-state index is 9.51. The van der Waals surface area contributed by atoms with Crippen LogP contribution in [0.3, 0.4) is 0 Å². The normalized spacial score (nSPS) is 18.8. The van der Waals surface area contributed by atoms with E-state index in [1.165, 1.54) is 5.69 Å². The fraction of sp³-hybridized carbons (Fsp3) is 0.429. The van der Waals surface area contributed by atoms with E-state index in [2.05, 4.69) is 22.8 Å². The van der Waals surface area contributed by atoms with Crippen molar-refractivity contribution in [2.45, 2.75) is 6.10 Å². The number of likely N-dealkylation sites (N-methyl/N-ethyl adjacent to an activating group) is 1. The van der Waals surface area contributed by atoms with Crippen LogP contribution in [0.1, 0.15) is 11.7 Å². The van der Waals surface area contributed by atoms with Crippen LogP contribution >= 0.6 is 0 Å². The summed E-state index contributed by atoms with van der Waals surface area (Å²) in [5, 5.41) is 9.51. The summed E-state index contributed by atoms with van der Waals surface area (Å²) in [4.78, 5) is 4.68. The topological polar surface area (TPSA) is 26.7 Å². The summed E-state index contributed by atoms with van der Waals surface area (Å²) in [6.45, 7) is 4.28. The lowest BCUT2D eigenvalue weighted by molar-refractivity contribution is 0.238. The fourth-order valence-electron chi connectivity index (χ4n) is 2.03. The van der Waals surface area contributed by atoms with Crippen molar-refractivity contribution in [3.63, 3.8) is 0 Å². The molecule has 1 saturated heterocycles. The van der Waals surface area contributed by atoms with Gasteiger partial charge in [-0.15, -0.1) is 6.42 Å². The zero-order valence-electron chi connectivity index (χ0n) is 10.1. The van der Waals surface area contributed by atoms with Gasteiger partial charge in [-0.3, -0.25) is 0 Å². The molecular formula is C14H18N2O. The molecule has 1 N–H and O–H groups in total. The molecule has 0 aromatic heterocycles. The van der Waals surface area contributed by atoms with Crippen molar-refractivity contribution in [3.05, 3.63) is 29.8 Å². The van der Waals surface area contributed by atoms with Crippen LogP contribution in [0.25, 0.3) is 0 Å². The van der Waals surface area contributed by atoms with Crippen molar-refractivity contribution in [2.24, 2.45) is 0 Å². The first kappa shape index (κ1) is 12.0. The second-order valence-corrected chi connectivity index (χ2v) is 4.45. The van der Waals surface area contributed by atoms with E-state index in [1.54, 1.807) is 0 Å². The van der Waals surface area contributed by atoms with Gasteiger partial charge in [-0.05, 0) is 24.7 Å². The number of aliphatic hydroxyl groups excluding tert-OH is 1. The maximum Gasteiger partial charge on any atom is 0.139 e. The Balaban J connectivity index is 2.06. The number of benzene rings is 1. The van der Waals surface area contributed by atoms with Gasteiger partial charge in [0, 0.05) is 31.9 Å². The quantitative estimate of drug-likeness (QED) is 0.771. The molecule has 1 fully saturated rings. The lowest BCUT2D eigenvalue weighted by atomic mass is 10.1. The van der Waals surface area contributed by atoms with Crippen molar-refractivity contribution in [1.29, 1.82) is 0 Å². The van der Waals surface area contributed by atoms with Crippen LogP contribution < -0.4 is 4.90 Å². The second kappa shape index (κ2) is 5.22. The Morgan fingerprint density at radius 1 is 1.18 bits per heavy atom. The van der Waals surface area contributed by atoms with Crippen molar-refractivity contribution in [2.75, 3.05) is 38.1 Å². The van der Waals surface area contributed by atoms with Gasteiger partial charge in [-0.25, -0.2) is 0 Å². The molecular weight excluding hydrogens is 212 g/mol. The van der Waals surface area contributed by atoms with E-state index in [1.807, 2.05) is 24.3 Å². The number of terminal acetylenes is 1. The van der Waals surface area contributed by atoms with Gasteiger partial charge in [0.2, 0.25) is 0 Å². The molecule has 0 radical (unpaired) electrons. The molecule has 2 rings (SSSR count). The molecule has 0 amide bonds. The van der Waals surface area contributed by atoms with Crippen molar-refractivity contribution >= 4 is 5.69 Å². The van der Waals surface area contributed by atoms with Gasteiger partial charge in [0.05, 0.1) is 0 Å². The predicted molar refractivity (Wildman–Crippen MR) is 69.9 cm³/mol. The molecule has 1 aliphatic heterocycles. The van der Waals surface area contributed by atoms with Gasteiger partial charge in [0.1, 0.15) is 6.10 Å². The number of hydrogen-bond acceptors (Lipinski definition) is 3. The minimum atomic E-state index is -0.795. The smallest absolute Gasteiger partial charge is 0.139 e. The van der Waals surface area contributed by atoms with Crippen LogP contribution in [0.4, 0.5) is 5.69 Å². The highest BCUT2D eigenvalue weighted by atomic mass is 16.3. The number of anilines is 1. The van der Waals surface area contributed by atoms with Crippen molar-refractivity contribution in [1.82, 2.24) is 4.90 Å². The average Bonchev–Trinajstić information content (AvgIpc) is 2.39. The van der Waals surface area contributed by atoms with Crippen LogP contribution in [-0.4, -0.2) is 43.2 Å². The van der Waals surface area contributed by atoms with E-state index in [0.29, 0.717) is 0 Å². The molecule has 1 heterocycles. The van der Waals surface area contributed by atoms with Crippen LogP contribution in [0.15, 0.2) is 24.3 Å². The molecule has 0 aliphatic carbocycles. The summed E-state index contributed by atoms with van der Waals surface area (Å²) in [7, 11) is 2.14. The SMILES string of the molecule is C#CC(O)c1ccc(N2CCN(C)CC2)cc1. The highest BCUT2D eigenvalue weighted by Crippen LogP contribution is 2.19. The first-order chi connectivity index (χ1) is 8.20. The van der Waals surface area contributed by atoms with E-state index in [-0.39, 0.29) is 0 Å². The first-order valence-corrected chi connectivity index (χ1v) is 5.88. The third kappa shape index (κ3) is 2.79. The third-order valence-electron chi connectivity index (χ3n) is 3.24. The highest BCUT2D eigenvalue weighted by molar-refractivity contribution is 5.48. The van der Waals surface area contributed by atoms with E-state index >= 15 is 0 Å². The van der Waals surface area contributed by atoms with Crippen LogP contribution in [0, 0.1) is 12.3 Å².